The van der Waals surface area contributed by atoms with Gasteiger partial charge in [0.15, 0.2) is 5.75 Å². The Balaban J connectivity index is 2.23. The largest absolute Gasteiger partial charge is 0.465 e. The van der Waals surface area contributed by atoms with Crippen LogP contribution in [0.15, 0.2) is 39.9 Å². The number of anilines is 1. The fourth-order valence-electron chi connectivity index (χ4n) is 1.94. The Morgan fingerprint density at radius 3 is 2.40 bits per heavy atom. The Kier molecular flexibility index (Phi) is 7.54. The quantitative estimate of drug-likeness (QED) is 0.285. The van der Waals surface area contributed by atoms with Gasteiger partial charge in [-0.2, -0.15) is 10.4 Å². The predicted octanol–water partition coefficient (Wildman–Crippen LogP) is 4.54. The average molecular weight is 517 g/mol. The van der Waals surface area contributed by atoms with Gasteiger partial charge in [-0.15, -0.1) is 0 Å². The normalized spacial score (nSPS) is 10.7. The van der Waals surface area contributed by atoms with Crippen LogP contribution in [0.5, 0.6) is 11.5 Å². The second-order valence-corrected chi connectivity index (χ2v) is 6.85. The summed E-state index contributed by atoms with van der Waals surface area (Å²) in [5.41, 5.74) is 1.62. The van der Waals surface area contributed by atoms with E-state index in [9.17, 15) is 19.7 Å². The monoisotopic (exact) mass is 515 g/mol. The number of ether oxygens (including phenoxy) is 1. The number of nitrogens with one attached hydrogen (secondary N) is 2. The number of carboxylic acid groups (broad SMARTS) is 1. The van der Waals surface area contributed by atoms with Crippen LogP contribution in [0, 0.1) is 21.4 Å². The summed E-state index contributed by atoms with van der Waals surface area (Å²) in [6.45, 7) is 0. The molecule has 0 aliphatic rings. The molecule has 0 bridgehead atoms. The van der Waals surface area contributed by atoms with E-state index in [0.717, 1.165) is 0 Å². The number of imide groups is 1. The predicted molar refractivity (Wildman–Crippen MR) is 110 cm³/mol. The lowest BCUT2D eigenvalue weighted by Crippen LogP contribution is -2.34. The van der Waals surface area contributed by atoms with Crippen molar-refractivity contribution in [2.45, 2.75) is 0 Å². The number of carbonyl (C=O) groups excluding carboxylic acids is 1. The molecule has 2 aromatic carbocycles. The van der Waals surface area contributed by atoms with E-state index in [1.54, 1.807) is 0 Å². The third-order valence-corrected chi connectivity index (χ3v) is 4.37. The Hall–Kier alpha value is -3.40. The molecule has 0 atom stereocenters. The smallest absolute Gasteiger partial charge is 0.411 e. The molecule has 0 heterocycles. The molecule has 0 aliphatic carbocycles. The van der Waals surface area contributed by atoms with Gasteiger partial charge in [-0.05, 0) is 34.1 Å². The summed E-state index contributed by atoms with van der Waals surface area (Å²) in [5, 5.41) is 33.3. The van der Waals surface area contributed by atoms with Crippen LogP contribution in [0.1, 0.15) is 0 Å². The number of rotatable bonds is 6. The lowest BCUT2D eigenvalue weighted by molar-refractivity contribution is -0.385. The zero-order valence-electron chi connectivity index (χ0n) is 14.4. The Bertz CT molecular complexity index is 1090. The first-order valence-corrected chi connectivity index (χ1v) is 9.06. The van der Waals surface area contributed by atoms with Gasteiger partial charge in [-0.3, -0.25) is 25.7 Å². The topological polar surface area (TPSA) is 167 Å². The molecule has 11 nitrogen and oxygen atoms in total. The summed E-state index contributed by atoms with van der Waals surface area (Å²) in [6.07, 6.45) is -1.64. The van der Waals surface area contributed by atoms with Crippen molar-refractivity contribution in [3.63, 3.8) is 0 Å². The maximum absolute atomic E-state index is 11.5. The van der Waals surface area contributed by atoms with Gasteiger partial charge in [0.2, 0.25) is 5.71 Å². The Morgan fingerprint density at radius 2 is 1.90 bits per heavy atom. The van der Waals surface area contributed by atoms with Crippen molar-refractivity contribution in [3.05, 3.63) is 55.0 Å². The van der Waals surface area contributed by atoms with Crippen molar-refractivity contribution in [3.8, 4) is 17.6 Å². The van der Waals surface area contributed by atoms with Crippen LogP contribution >= 0.6 is 39.1 Å². The molecular formula is C16H8BrCl2N5O6. The molecule has 0 aromatic heterocycles. The molecule has 0 fully saturated rings. The van der Waals surface area contributed by atoms with Crippen LogP contribution in [0.25, 0.3) is 0 Å². The number of nitro benzene ring substituents is 1. The van der Waals surface area contributed by atoms with Crippen LogP contribution in [0.2, 0.25) is 10.0 Å². The lowest BCUT2D eigenvalue weighted by atomic mass is 10.3. The maximum Gasteiger partial charge on any atom is 0.411 e. The van der Waals surface area contributed by atoms with Gasteiger partial charge >= 0.3 is 6.09 Å². The summed E-state index contributed by atoms with van der Waals surface area (Å²) in [6, 6.07) is 8.02. The van der Waals surface area contributed by atoms with Gasteiger partial charge in [0.05, 0.1) is 25.1 Å². The van der Waals surface area contributed by atoms with E-state index in [1.807, 2.05) is 0 Å². The maximum atomic E-state index is 11.5. The van der Waals surface area contributed by atoms with E-state index < -0.39 is 22.6 Å². The van der Waals surface area contributed by atoms with Gasteiger partial charge in [0.1, 0.15) is 11.8 Å². The molecule has 0 saturated carbocycles. The second-order valence-electron chi connectivity index (χ2n) is 5.18. The van der Waals surface area contributed by atoms with Crippen LogP contribution < -0.4 is 15.5 Å². The number of nitrogens with zero attached hydrogens (tertiary/aromatic N) is 3. The summed E-state index contributed by atoms with van der Waals surface area (Å²) in [7, 11) is 0. The first kappa shape index (κ1) is 22.9. The molecule has 0 saturated heterocycles. The first-order chi connectivity index (χ1) is 14.1. The molecule has 0 unspecified atom stereocenters. The van der Waals surface area contributed by atoms with Crippen molar-refractivity contribution in [1.29, 1.82) is 5.26 Å². The highest BCUT2D eigenvalue weighted by Crippen LogP contribution is 2.40. The number of hydrazone groups is 1. The standard InChI is InChI=1S/C16H8BrCl2N5O6/c17-9-5-8(1-2-13(9)24(28)29)30-14-10(18)3-7(4-11(14)19)22-23-12(6-20)15(25)21-16(26)27/h1-5,22H,(H,21,25)(H,26,27). The van der Waals surface area contributed by atoms with Gasteiger partial charge < -0.3 is 9.84 Å². The zero-order chi connectivity index (χ0) is 22.4. The van der Waals surface area contributed by atoms with Gasteiger partial charge in [-0.1, -0.05) is 23.2 Å². The number of hydrogen-bond acceptors (Lipinski definition) is 8. The van der Waals surface area contributed by atoms with Crippen molar-refractivity contribution < 1.29 is 24.4 Å². The van der Waals surface area contributed by atoms with Crippen molar-refractivity contribution in [2.24, 2.45) is 5.10 Å². The fourth-order valence-corrected chi connectivity index (χ4v) is 3.01. The van der Waals surface area contributed by atoms with Crippen molar-refractivity contribution in [1.82, 2.24) is 5.32 Å². The molecule has 14 heteroatoms. The molecule has 0 aliphatic heterocycles. The highest BCUT2D eigenvalue weighted by atomic mass is 79.9. The molecule has 2 amide bonds. The van der Waals surface area contributed by atoms with E-state index >= 15 is 0 Å². The van der Waals surface area contributed by atoms with Crippen LogP contribution in [-0.2, 0) is 4.79 Å². The van der Waals surface area contributed by atoms with E-state index in [4.69, 9.17) is 38.3 Å². The summed E-state index contributed by atoms with van der Waals surface area (Å²) in [5.74, 6) is -0.969. The minimum absolute atomic E-state index is 0.0168. The molecule has 2 rings (SSSR count). The van der Waals surface area contributed by atoms with Crippen LogP contribution in [0.3, 0.4) is 0 Å². The molecule has 0 radical (unpaired) electrons. The second kappa shape index (κ2) is 9.88. The molecule has 154 valence electrons. The zero-order valence-corrected chi connectivity index (χ0v) is 17.4. The van der Waals surface area contributed by atoms with Crippen LogP contribution in [0.4, 0.5) is 16.2 Å². The number of amides is 2. The third-order valence-electron chi connectivity index (χ3n) is 3.17. The van der Waals surface area contributed by atoms with E-state index in [1.165, 1.54) is 41.7 Å². The van der Waals surface area contributed by atoms with E-state index in [0.29, 0.717) is 0 Å². The number of carbonyl (C=O) groups is 2. The van der Waals surface area contributed by atoms with E-state index in [-0.39, 0.29) is 37.4 Å². The lowest BCUT2D eigenvalue weighted by Gasteiger charge is -2.12. The highest BCUT2D eigenvalue weighted by Gasteiger charge is 2.17. The minimum atomic E-state index is -1.64. The van der Waals surface area contributed by atoms with Crippen LogP contribution in [-0.4, -0.2) is 27.7 Å². The highest BCUT2D eigenvalue weighted by molar-refractivity contribution is 9.10. The molecule has 3 N–H and O–H groups in total. The first-order valence-electron chi connectivity index (χ1n) is 7.51. The van der Waals surface area contributed by atoms with Crippen molar-refractivity contribution in [2.75, 3.05) is 5.43 Å². The van der Waals surface area contributed by atoms with E-state index in [2.05, 4.69) is 26.5 Å². The molecule has 0 spiro atoms. The summed E-state index contributed by atoms with van der Waals surface area (Å²) >= 11 is 15.4. The number of nitriles is 1. The fraction of sp³-hybridized carbons (Fsp3) is 0. The average Bonchev–Trinajstić information content (AvgIpc) is 2.64. The van der Waals surface area contributed by atoms with Gasteiger partial charge in [-0.25, -0.2) is 4.79 Å². The Morgan fingerprint density at radius 1 is 1.27 bits per heavy atom. The van der Waals surface area contributed by atoms with Gasteiger partial charge in [0.25, 0.3) is 11.6 Å². The van der Waals surface area contributed by atoms with Gasteiger partial charge in [0, 0.05) is 12.1 Å². The third kappa shape index (κ3) is 5.80. The number of nitro groups is 1. The summed E-state index contributed by atoms with van der Waals surface area (Å²) < 4.78 is 5.77. The minimum Gasteiger partial charge on any atom is -0.465 e. The number of benzene rings is 2. The Labute approximate surface area is 186 Å². The SMILES string of the molecule is N#CC(=NNc1cc(Cl)c(Oc2ccc([N+](=O)[O-])c(Br)c2)c(Cl)c1)C(=O)NC(=O)O. The molecule has 2 aromatic rings. The molecular weight excluding hydrogens is 509 g/mol. The van der Waals surface area contributed by atoms with Crippen molar-refractivity contribution >= 4 is 68.2 Å². The number of hydrogen-bond donors (Lipinski definition) is 3. The summed E-state index contributed by atoms with van der Waals surface area (Å²) in [4.78, 5) is 32.2. The number of halogens is 3. The molecule has 30 heavy (non-hydrogen) atoms.